The van der Waals surface area contributed by atoms with E-state index in [9.17, 15) is 13.2 Å². The summed E-state index contributed by atoms with van der Waals surface area (Å²) in [5.74, 6) is -2.22. The zero-order valence-corrected chi connectivity index (χ0v) is 22.5. The molecule has 0 spiro atoms. The molecule has 2 aromatic carbocycles. The highest BCUT2D eigenvalue weighted by molar-refractivity contribution is 5.73. The molecule has 5 aromatic rings. The lowest BCUT2D eigenvalue weighted by Gasteiger charge is -2.29. The van der Waals surface area contributed by atoms with Crippen LogP contribution in [0.25, 0.3) is 28.2 Å². The second-order valence-corrected chi connectivity index (χ2v) is 9.18. The molecule has 0 aliphatic carbocycles. The van der Waals surface area contributed by atoms with Crippen molar-refractivity contribution in [1.82, 2.24) is 29.9 Å². The highest BCUT2D eigenvalue weighted by atomic mass is 19.4. The van der Waals surface area contributed by atoms with Gasteiger partial charge in [0, 0.05) is 54.2 Å². The number of anilines is 3. The highest BCUT2D eigenvalue weighted by Crippen LogP contribution is 2.25. The molecule has 11 nitrogen and oxygen atoms in total. The number of carboxylic acid groups (broad SMARTS) is 1. The standard InChI is InChI=1S/C27H24N8O.C2HF3O2/c1-3-20(17-24(5-1)34-13-15-36-16-14-34)25-10-12-29-27(31-25)30-22-6-8-23(9-7-22)35-19-26(32-33-35)21-4-2-11-28-18-21;3-2(4,5)1(6)7/h1-12,17-19H,13-16H2,(H,29,30,31);(H,6,7). The van der Waals surface area contributed by atoms with E-state index < -0.39 is 12.1 Å². The topological polar surface area (TPSA) is 131 Å². The molecule has 0 atom stereocenters. The van der Waals surface area contributed by atoms with Crippen molar-refractivity contribution in [2.45, 2.75) is 6.18 Å². The maximum absolute atomic E-state index is 10.6. The van der Waals surface area contributed by atoms with Gasteiger partial charge in [-0.3, -0.25) is 4.98 Å². The molecule has 0 radical (unpaired) electrons. The van der Waals surface area contributed by atoms with Gasteiger partial charge in [-0.15, -0.1) is 5.10 Å². The Morgan fingerprint density at radius 3 is 2.35 bits per heavy atom. The van der Waals surface area contributed by atoms with Crippen LogP contribution in [0.15, 0.2) is 91.5 Å². The summed E-state index contributed by atoms with van der Waals surface area (Å²) in [6.45, 7) is 3.31. The van der Waals surface area contributed by atoms with E-state index >= 15 is 0 Å². The molecule has 4 heterocycles. The molecule has 0 saturated carbocycles. The van der Waals surface area contributed by atoms with E-state index in [2.05, 4.69) is 54.8 Å². The van der Waals surface area contributed by atoms with Gasteiger partial charge in [-0.1, -0.05) is 17.3 Å². The molecule has 0 bridgehead atoms. The molecular formula is C29H25F3N8O3. The Balaban J connectivity index is 0.000000472. The van der Waals surface area contributed by atoms with Crippen LogP contribution in [0.5, 0.6) is 0 Å². The summed E-state index contributed by atoms with van der Waals surface area (Å²) in [7, 11) is 0. The van der Waals surface area contributed by atoms with Gasteiger partial charge in [0.1, 0.15) is 5.69 Å². The lowest BCUT2D eigenvalue weighted by molar-refractivity contribution is -0.192. The van der Waals surface area contributed by atoms with E-state index in [0.717, 1.165) is 60.2 Å². The van der Waals surface area contributed by atoms with Crippen LogP contribution in [0.3, 0.4) is 0 Å². The number of rotatable bonds is 6. The minimum absolute atomic E-state index is 0.539. The number of carbonyl (C=O) groups is 1. The first kappa shape index (κ1) is 29.1. The van der Waals surface area contributed by atoms with Crippen LogP contribution < -0.4 is 10.2 Å². The molecule has 1 saturated heterocycles. The molecule has 2 N–H and O–H groups in total. The summed E-state index contributed by atoms with van der Waals surface area (Å²) in [5, 5.41) is 18.9. The van der Waals surface area contributed by atoms with Crippen molar-refractivity contribution in [1.29, 1.82) is 0 Å². The molecule has 14 heteroatoms. The van der Waals surface area contributed by atoms with Crippen LogP contribution in [0.2, 0.25) is 0 Å². The molecule has 220 valence electrons. The molecule has 3 aromatic heterocycles. The van der Waals surface area contributed by atoms with Crippen LogP contribution >= 0.6 is 0 Å². The lowest BCUT2D eigenvalue weighted by atomic mass is 10.1. The van der Waals surface area contributed by atoms with Crippen LogP contribution in [0.1, 0.15) is 0 Å². The zero-order chi connectivity index (χ0) is 30.2. The monoisotopic (exact) mass is 590 g/mol. The van der Waals surface area contributed by atoms with Crippen LogP contribution in [-0.2, 0) is 9.53 Å². The zero-order valence-electron chi connectivity index (χ0n) is 22.5. The Morgan fingerprint density at radius 1 is 0.907 bits per heavy atom. The van der Waals surface area contributed by atoms with Gasteiger partial charge < -0.3 is 20.1 Å². The maximum Gasteiger partial charge on any atom is 0.490 e. The number of ether oxygens (including phenoxy) is 1. The van der Waals surface area contributed by atoms with E-state index in [4.69, 9.17) is 19.6 Å². The number of benzene rings is 2. The number of hydrogen-bond acceptors (Lipinski definition) is 9. The van der Waals surface area contributed by atoms with Crippen molar-refractivity contribution in [3.8, 4) is 28.2 Å². The molecule has 0 amide bonds. The highest BCUT2D eigenvalue weighted by Gasteiger charge is 2.38. The Morgan fingerprint density at radius 2 is 1.65 bits per heavy atom. The largest absolute Gasteiger partial charge is 0.490 e. The first-order chi connectivity index (χ1) is 20.8. The third-order valence-corrected chi connectivity index (χ3v) is 6.25. The van der Waals surface area contributed by atoms with Gasteiger partial charge in [0.05, 0.1) is 30.8 Å². The summed E-state index contributed by atoms with van der Waals surface area (Å²) in [5.41, 5.74) is 6.57. The van der Waals surface area contributed by atoms with E-state index in [1.54, 1.807) is 23.3 Å². The first-order valence-corrected chi connectivity index (χ1v) is 13.0. The second kappa shape index (κ2) is 13.1. The number of aliphatic carboxylic acids is 1. The number of hydrogen-bond donors (Lipinski definition) is 2. The fourth-order valence-electron chi connectivity index (χ4n) is 4.13. The third-order valence-electron chi connectivity index (χ3n) is 6.25. The summed E-state index contributed by atoms with van der Waals surface area (Å²) >= 11 is 0. The van der Waals surface area contributed by atoms with Gasteiger partial charge in [-0.05, 0) is 54.6 Å². The number of aromatic nitrogens is 6. The quantitative estimate of drug-likeness (QED) is 0.279. The van der Waals surface area contributed by atoms with Crippen LogP contribution in [0.4, 0.5) is 30.5 Å². The minimum atomic E-state index is -5.08. The molecule has 0 unspecified atom stereocenters. The number of carboxylic acids is 1. The van der Waals surface area contributed by atoms with Crippen molar-refractivity contribution >= 4 is 23.3 Å². The molecule has 6 rings (SSSR count). The van der Waals surface area contributed by atoms with Gasteiger partial charge in [-0.25, -0.2) is 19.4 Å². The average Bonchev–Trinajstić information content (AvgIpc) is 3.53. The summed E-state index contributed by atoms with van der Waals surface area (Å²) in [6.07, 6.45) is 2.09. The van der Waals surface area contributed by atoms with Crippen molar-refractivity contribution in [2.75, 3.05) is 36.5 Å². The predicted octanol–water partition coefficient (Wildman–Crippen LogP) is 5.00. The maximum atomic E-state index is 10.6. The summed E-state index contributed by atoms with van der Waals surface area (Å²) in [6, 6.07) is 22.1. The van der Waals surface area contributed by atoms with Crippen LogP contribution in [-0.4, -0.2) is 73.5 Å². The van der Waals surface area contributed by atoms with E-state index in [0.29, 0.717) is 5.95 Å². The number of morpholine rings is 1. The fourth-order valence-corrected chi connectivity index (χ4v) is 4.13. The SMILES string of the molecule is O=C(O)C(F)(F)F.c1cncc(-c2cn(-c3ccc(Nc4nccc(-c5cccc(N6CCOCC6)c5)n4)cc3)nn2)c1. The minimum Gasteiger partial charge on any atom is -0.475 e. The normalized spacial score (nSPS) is 13.1. The smallest absolute Gasteiger partial charge is 0.475 e. The van der Waals surface area contributed by atoms with Crippen molar-refractivity contribution < 1.29 is 27.8 Å². The van der Waals surface area contributed by atoms with Gasteiger partial charge in [0.15, 0.2) is 0 Å². The molecule has 1 fully saturated rings. The van der Waals surface area contributed by atoms with Crippen molar-refractivity contribution in [3.05, 3.63) is 91.5 Å². The predicted molar refractivity (Wildman–Crippen MR) is 152 cm³/mol. The fraction of sp³-hybridized carbons (Fsp3) is 0.172. The van der Waals surface area contributed by atoms with E-state index in [1.807, 2.05) is 48.7 Å². The average molecular weight is 591 g/mol. The number of halogens is 3. The Hall–Kier alpha value is -5.37. The van der Waals surface area contributed by atoms with E-state index in [1.165, 1.54) is 5.69 Å². The van der Waals surface area contributed by atoms with Gasteiger partial charge in [0.25, 0.3) is 0 Å². The molecule has 43 heavy (non-hydrogen) atoms. The Bertz CT molecular complexity index is 1660. The Kier molecular flexibility index (Phi) is 8.86. The van der Waals surface area contributed by atoms with Crippen LogP contribution in [0, 0.1) is 0 Å². The van der Waals surface area contributed by atoms with Gasteiger partial charge in [-0.2, -0.15) is 13.2 Å². The molecule has 1 aliphatic rings. The van der Waals surface area contributed by atoms with E-state index in [-0.39, 0.29) is 0 Å². The summed E-state index contributed by atoms with van der Waals surface area (Å²) < 4.78 is 39.0. The van der Waals surface area contributed by atoms with Gasteiger partial charge in [0.2, 0.25) is 5.95 Å². The molecular weight excluding hydrogens is 565 g/mol. The first-order valence-electron chi connectivity index (χ1n) is 13.0. The summed E-state index contributed by atoms with van der Waals surface area (Å²) in [4.78, 5) is 24.5. The number of nitrogens with one attached hydrogen (secondary N) is 1. The number of alkyl halides is 3. The number of pyridine rings is 1. The second-order valence-electron chi connectivity index (χ2n) is 9.18. The lowest BCUT2D eigenvalue weighted by Crippen LogP contribution is -2.36. The number of nitrogens with zero attached hydrogens (tertiary/aromatic N) is 7. The Labute approximate surface area is 243 Å². The van der Waals surface area contributed by atoms with Crippen molar-refractivity contribution in [3.63, 3.8) is 0 Å². The van der Waals surface area contributed by atoms with Crippen molar-refractivity contribution in [2.24, 2.45) is 0 Å². The molecule has 1 aliphatic heterocycles. The van der Waals surface area contributed by atoms with Gasteiger partial charge >= 0.3 is 12.1 Å². The third kappa shape index (κ3) is 7.68.